The number of aliphatic hydroxyl groups is 1. The quantitative estimate of drug-likeness (QED) is 0.273. The van der Waals surface area contributed by atoms with E-state index in [9.17, 15) is 19.5 Å². The lowest BCUT2D eigenvalue weighted by Gasteiger charge is -2.43. The summed E-state index contributed by atoms with van der Waals surface area (Å²) in [5.41, 5.74) is -1.14. The van der Waals surface area contributed by atoms with Crippen LogP contribution in [0.3, 0.4) is 0 Å². The fourth-order valence-corrected chi connectivity index (χ4v) is 7.87. The minimum atomic E-state index is -1.22. The number of anilines is 1. The highest BCUT2D eigenvalue weighted by Crippen LogP contribution is 2.61. The van der Waals surface area contributed by atoms with E-state index in [2.05, 4.69) is 29.1 Å². The molecule has 4 rings (SSSR count). The Bertz CT molecular complexity index is 1200. The number of carbonyl (C=O) groups excluding carboxylic acids is 3. The number of carbonyl (C=O) groups is 3. The summed E-state index contributed by atoms with van der Waals surface area (Å²) < 4.78 is 12.3. The zero-order valence-corrected chi connectivity index (χ0v) is 26.9. The fraction of sp³-hybridized carbons (Fsp3) is 0.594. The minimum Gasteiger partial charge on any atom is -0.494 e. The van der Waals surface area contributed by atoms with E-state index in [4.69, 9.17) is 9.47 Å². The van der Waals surface area contributed by atoms with Crippen LogP contribution in [0.4, 0.5) is 5.69 Å². The zero-order valence-electron chi connectivity index (χ0n) is 25.3. The zero-order chi connectivity index (χ0) is 31.0. The number of aliphatic hydroxyl groups excluding tert-OH is 1. The number of alkyl halides is 1. The third-order valence-corrected chi connectivity index (χ3v) is 9.59. The molecule has 3 fully saturated rings. The van der Waals surface area contributed by atoms with Crippen LogP contribution in [0.15, 0.2) is 49.6 Å². The number of hydrogen-bond donors (Lipinski definition) is 1. The third-order valence-electron chi connectivity index (χ3n) is 8.75. The maximum atomic E-state index is 14.5. The second kappa shape index (κ2) is 12.5. The molecule has 9 nitrogen and oxygen atoms in total. The standard InChI is InChI=1S/C32H44BrN3O6/c1-8-16-34(21-12-14-22(15-13-21)41-11-4)28(38)24-25-29(39)36(20(10-3)19-37)27(32(25)18-23(33)26(24)42-32)30(40)35(17-9-2)31(5,6)7/h8-9,12-15,20,23-27,37H,1-2,10-11,16-19H2,3-7H3/t20-,23?,24+,25-,26+,27?,32?/m0/s1. The molecule has 7 atom stereocenters. The van der Waals surface area contributed by atoms with Gasteiger partial charge in [0.05, 0.1) is 37.2 Å². The summed E-state index contributed by atoms with van der Waals surface area (Å²) in [4.78, 5) is 48.0. The summed E-state index contributed by atoms with van der Waals surface area (Å²) in [6, 6.07) is 5.64. The van der Waals surface area contributed by atoms with Crippen molar-refractivity contribution in [3.8, 4) is 5.75 Å². The summed E-state index contributed by atoms with van der Waals surface area (Å²) in [6.45, 7) is 18.0. The van der Waals surface area contributed by atoms with Gasteiger partial charge in [-0.1, -0.05) is 35.0 Å². The lowest BCUT2D eigenvalue weighted by Crippen LogP contribution is -2.61. The topological polar surface area (TPSA) is 99.6 Å². The van der Waals surface area contributed by atoms with Crippen LogP contribution in [0, 0.1) is 11.8 Å². The Morgan fingerprint density at radius 1 is 1.19 bits per heavy atom. The first kappa shape index (κ1) is 32.2. The maximum Gasteiger partial charge on any atom is 0.249 e. The van der Waals surface area contributed by atoms with E-state index in [1.54, 1.807) is 34.1 Å². The van der Waals surface area contributed by atoms with E-state index in [0.29, 0.717) is 30.9 Å². The lowest BCUT2D eigenvalue weighted by atomic mass is 9.70. The van der Waals surface area contributed by atoms with Crippen molar-refractivity contribution in [1.29, 1.82) is 0 Å². The van der Waals surface area contributed by atoms with Gasteiger partial charge in [0.1, 0.15) is 17.4 Å². The molecule has 0 radical (unpaired) electrons. The molecule has 1 spiro atoms. The van der Waals surface area contributed by atoms with Crippen molar-refractivity contribution >= 4 is 39.3 Å². The second-order valence-electron chi connectivity index (χ2n) is 12.2. The molecule has 0 aromatic heterocycles. The second-order valence-corrected chi connectivity index (χ2v) is 13.4. The molecule has 3 amide bonds. The number of halogens is 1. The first-order valence-corrected chi connectivity index (χ1v) is 15.7. The molecule has 10 heteroatoms. The fourth-order valence-electron chi connectivity index (χ4n) is 6.93. The van der Waals surface area contributed by atoms with Crippen molar-refractivity contribution in [2.24, 2.45) is 11.8 Å². The molecule has 230 valence electrons. The Labute approximate surface area is 257 Å². The molecule has 1 aromatic carbocycles. The molecule has 3 aliphatic heterocycles. The van der Waals surface area contributed by atoms with Gasteiger partial charge in [0.25, 0.3) is 0 Å². The number of hydrogen-bond acceptors (Lipinski definition) is 6. The van der Waals surface area contributed by atoms with Gasteiger partial charge in [0.2, 0.25) is 17.7 Å². The van der Waals surface area contributed by atoms with Crippen LogP contribution in [-0.4, -0.2) is 93.1 Å². The summed E-state index contributed by atoms with van der Waals surface area (Å²) in [5.74, 6) is -1.88. The van der Waals surface area contributed by atoms with Crippen molar-refractivity contribution in [3.63, 3.8) is 0 Å². The first-order valence-electron chi connectivity index (χ1n) is 14.7. The Morgan fingerprint density at radius 2 is 1.83 bits per heavy atom. The molecule has 1 N–H and O–H groups in total. The van der Waals surface area contributed by atoms with Gasteiger partial charge in [-0.15, -0.1) is 13.2 Å². The summed E-state index contributed by atoms with van der Waals surface area (Å²) in [5, 5.41) is 10.3. The van der Waals surface area contributed by atoms with E-state index in [-0.39, 0.29) is 42.2 Å². The van der Waals surface area contributed by atoms with Gasteiger partial charge in [0, 0.05) is 29.1 Å². The molecule has 3 saturated heterocycles. The highest BCUT2D eigenvalue weighted by Gasteiger charge is 2.77. The Kier molecular flexibility index (Phi) is 9.59. The smallest absolute Gasteiger partial charge is 0.249 e. The van der Waals surface area contributed by atoms with E-state index < -0.39 is 41.2 Å². The number of amides is 3. The predicted octanol–water partition coefficient (Wildman–Crippen LogP) is 3.94. The predicted molar refractivity (Wildman–Crippen MR) is 166 cm³/mol. The largest absolute Gasteiger partial charge is 0.494 e. The molecule has 3 aliphatic rings. The van der Waals surface area contributed by atoms with Crippen LogP contribution in [0.5, 0.6) is 5.75 Å². The number of nitrogens with zero attached hydrogens (tertiary/aromatic N) is 3. The molecule has 42 heavy (non-hydrogen) atoms. The number of benzene rings is 1. The average Bonchev–Trinajstić information content (AvgIpc) is 3.54. The van der Waals surface area contributed by atoms with Crippen LogP contribution in [0.25, 0.3) is 0 Å². The molecule has 1 aromatic rings. The average molecular weight is 647 g/mol. The number of likely N-dealkylation sites (tertiary alicyclic amines) is 1. The van der Waals surface area contributed by atoms with Gasteiger partial charge in [-0.25, -0.2) is 0 Å². The number of ether oxygens (including phenoxy) is 2. The molecule has 2 bridgehead atoms. The van der Waals surface area contributed by atoms with E-state index in [0.717, 1.165) is 0 Å². The minimum absolute atomic E-state index is 0.230. The molecule has 0 saturated carbocycles. The third kappa shape index (κ3) is 5.30. The summed E-state index contributed by atoms with van der Waals surface area (Å²) in [7, 11) is 0. The molecular weight excluding hydrogens is 602 g/mol. The summed E-state index contributed by atoms with van der Waals surface area (Å²) in [6.07, 6.45) is 3.55. The van der Waals surface area contributed by atoms with Crippen LogP contribution in [-0.2, 0) is 19.1 Å². The van der Waals surface area contributed by atoms with Crippen molar-refractivity contribution in [3.05, 3.63) is 49.6 Å². The molecular formula is C32H44BrN3O6. The maximum absolute atomic E-state index is 14.5. The number of fused-ring (bicyclic) bond motifs is 1. The van der Waals surface area contributed by atoms with Crippen molar-refractivity contribution in [1.82, 2.24) is 9.80 Å². The van der Waals surface area contributed by atoms with Crippen molar-refractivity contribution in [2.75, 3.05) is 31.2 Å². The molecule has 0 aliphatic carbocycles. The van der Waals surface area contributed by atoms with Gasteiger partial charge >= 0.3 is 0 Å². The Hall–Kier alpha value is -2.69. The van der Waals surface area contributed by atoms with E-state index in [1.165, 1.54) is 4.90 Å². The van der Waals surface area contributed by atoms with Crippen LogP contribution >= 0.6 is 15.9 Å². The molecule has 3 heterocycles. The Balaban J connectivity index is 1.81. The van der Waals surface area contributed by atoms with Gasteiger partial charge in [-0.05, 0) is 64.8 Å². The van der Waals surface area contributed by atoms with Gasteiger partial charge < -0.3 is 29.3 Å². The van der Waals surface area contributed by atoms with Crippen molar-refractivity contribution < 1.29 is 29.0 Å². The van der Waals surface area contributed by atoms with Crippen LogP contribution < -0.4 is 9.64 Å². The van der Waals surface area contributed by atoms with Crippen LogP contribution in [0.2, 0.25) is 0 Å². The normalized spacial score (nSPS) is 28.8. The first-order chi connectivity index (χ1) is 19.9. The Morgan fingerprint density at radius 3 is 2.36 bits per heavy atom. The SMILES string of the molecule is C=CCN(C(=O)[C@H]1[C@@H]2OC3(CC2Br)C(C(=O)N(CC=C)C(C)(C)C)N([C@@H](CC)CO)C(=O)[C@H]13)c1ccc(OCC)cc1. The summed E-state index contributed by atoms with van der Waals surface area (Å²) >= 11 is 3.75. The van der Waals surface area contributed by atoms with Gasteiger partial charge in [0.15, 0.2) is 0 Å². The molecule has 3 unspecified atom stereocenters. The highest BCUT2D eigenvalue weighted by molar-refractivity contribution is 9.09. The van der Waals surface area contributed by atoms with Crippen molar-refractivity contribution in [2.45, 2.75) is 81.6 Å². The highest BCUT2D eigenvalue weighted by atomic mass is 79.9. The van der Waals surface area contributed by atoms with E-state index >= 15 is 0 Å². The lowest BCUT2D eigenvalue weighted by molar-refractivity contribution is -0.154. The number of rotatable bonds is 12. The van der Waals surface area contributed by atoms with E-state index in [1.807, 2.05) is 46.8 Å². The van der Waals surface area contributed by atoms with Crippen LogP contribution in [0.1, 0.15) is 47.5 Å². The monoisotopic (exact) mass is 645 g/mol. The van der Waals surface area contributed by atoms with Gasteiger partial charge in [-0.2, -0.15) is 0 Å². The van der Waals surface area contributed by atoms with Gasteiger partial charge in [-0.3, -0.25) is 14.4 Å².